The normalized spacial score (nSPS) is 22.7. The number of non-ortho nitro benzene ring substituents is 1. The number of carbonyl (C=O) groups excluding carboxylic acids is 3. The maximum absolute atomic E-state index is 14.2. The minimum atomic E-state index is -1.02. The van der Waals surface area contributed by atoms with Gasteiger partial charge in [0.05, 0.1) is 35.5 Å². The molecule has 4 aromatic rings. The Balaban J connectivity index is 1.42. The van der Waals surface area contributed by atoms with Crippen LogP contribution in [0, 0.1) is 34.8 Å². The number of fused-ring (bicyclic) bond motifs is 7. The Hall–Kier alpha value is -5.31. The summed E-state index contributed by atoms with van der Waals surface area (Å²) in [4.78, 5) is 54.1. The SMILES string of the molecule is COc1ccc([C@@H]2C=C3c4ccc5ccccc5c4OC(=O)[C@@H]3[C@@H]3C(=O)N(c4ccc([N+](=O)[O-])cc4C)C(=O)[C@H]32)cc1. The first-order valence-corrected chi connectivity index (χ1v) is 13.5. The number of benzene rings is 4. The molecule has 7 rings (SSSR count). The lowest BCUT2D eigenvalue weighted by Gasteiger charge is -2.38. The van der Waals surface area contributed by atoms with Crippen molar-refractivity contribution < 1.29 is 28.8 Å². The van der Waals surface area contributed by atoms with Crippen molar-refractivity contribution >= 4 is 45.5 Å². The van der Waals surface area contributed by atoms with Crippen molar-refractivity contribution in [1.82, 2.24) is 0 Å². The van der Waals surface area contributed by atoms with Crippen LogP contribution in [-0.2, 0) is 14.4 Å². The zero-order chi connectivity index (χ0) is 29.3. The van der Waals surface area contributed by atoms with Gasteiger partial charge < -0.3 is 9.47 Å². The fourth-order valence-corrected chi connectivity index (χ4v) is 6.68. The van der Waals surface area contributed by atoms with Crippen molar-refractivity contribution in [1.29, 1.82) is 0 Å². The van der Waals surface area contributed by atoms with Gasteiger partial charge >= 0.3 is 5.97 Å². The number of ether oxygens (including phenoxy) is 2. The third kappa shape index (κ3) is 3.66. The summed E-state index contributed by atoms with van der Waals surface area (Å²) in [6.07, 6.45) is 1.93. The Bertz CT molecular complexity index is 1880. The standard InChI is InChI=1S/C33H24N2O7/c1-17-15-20(35(39)40)10-14-26(17)34-31(36)27-24(19-7-11-21(41-2)12-8-19)16-25-23-13-9-18-5-3-4-6-22(18)30(23)42-33(38)28(25)29(27)32(34)37/h3-16,24,27-29H,1-2H3/t24-,27-,28-,29+/m0/s1. The number of hydrogen-bond donors (Lipinski definition) is 0. The van der Waals surface area contributed by atoms with E-state index in [1.807, 2.05) is 54.6 Å². The van der Waals surface area contributed by atoms with Crippen LogP contribution in [0.5, 0.6) is 11.5 Å². The predicted molar refractivity (Wildman–Crippen MR) is 154 cm³/mol. The second-order valence-corrected chi connectivity index (χ2v) is 10.8. The van der Waals surface area contributed by atoms with Crippen molar-refractivity contribution in [2.45, 2.75) is 12.8 Å². The molecule has 0 aromatic heterocycles. The summed E-state index contributed by atoms with van der Waals surface area (Å²) in [7, 11) is 1.57. The van der Waals surface area contributed by atoms with Crippen LogP contribution in [0.25, 0.3) is 16.3 Å². The molecule has 4 atom stereocenters. The first kappa shape index (κ1) is 25.6. The van der Waals surface area contributed by atoms with Crippen molar-refractivity contribution in [3.05, 3.63) is 112 Å². The van der Waals surface area contributed by atoms with Crippen molar-refractivity contribution in [2.24, 2.45) is 17.8 Å². The predicted octanol–water partition coefficient (Wildman–Crippen LogP) is 5.59. The van der Waals surface area contributed by atoms with E-state index in [9.17, 15) is 24.5 Å². The molecule has 1 aliphatic carbocycles. The molecular weight excluding hydrogens is 536 g/mol. The van der Waals surface area contributed by atoms with E-state index in [4.69, 9.17) is 9.47 Å². The van der Waals surface area contributed by atoms with Gasteiger partial charge in [-0.15, -0.1) is 0 Å². The number of imide groups is 1. The van der Waals surface area contributed by atoms with E-state index in [1.165, 1.54) is 18.2 Å². The maximum atomic E-state index is 14.2. The van der Waals surface area contributed by atoms with Gasteiger partial charge in [0.1, 0.15) is 11.5 Å². The van der Waals surface area contributed by atoms with Crippen molar-refractivity contribution in [3.8, 4) is 11.5 Å². The highest BCUT2D eigenvalue weighted by molar-refractivity contribution is 6.25. The number of nitro groups is 1. The summed E-state index contributed by atoms with van der Waals surface area (Å²) in [5, 5.41) is 13.0. The summed E-state index contributed by atoms with van der Waals surface area (Å²) in [5.41, 5.74) is 2.67. The molecule has 0 bridgehead atoms. The van der Waals surface area contributed by atoms with Gasteiger partial charge in [0.15, 0.2) is 0 Å². The molecule has 0 saturated carbocycles. The summed E-state index contributed by atoms with van der Waals surface area (Å²) in [6.45, 7) is 1.62. The number of methoxy groups -OCH3 is 1. The molecule has 9 heteroatoms. The first-order valence-electron chi connectivity index (χ1n) is 13.5. The molecule has 9 nitrogen and oxygen atoms in total. The van der Waals surface area contributed by atoms with Crippen LogP contribution in [-0.4, -0.2) is 29.8 Å². The van der Waals surface area contributed by atoms with Gasteiger partial charge in [-0.3, -0.25) is 24.5 Å². The number of aryl methyl sites for hydroxylation is 1. The zero-order valence-corrected chi connectivity index (χ0v) is 22.6. The van der Waals surface area contributed by atoms with Gasteiger partial charge in [-0.05, 0) is 47.2 Å². The van der Waals surface area contributed by atoms with Crippen LogP contribution >= 0.6 is 0 Å². The Labute approximate surface area is 240 Å². The quantitative estimate of drug-likeness (QED) is 0.105. The highest BCUT2D eigenvalue weighted by Crippen LogP contribution is 2.55. The van der Waals surface area contributed by atoms with E-state index in [-0.39, 0.29) is 11.4 Å². The van der Waals surface area contributed by atoms with Crippen molar-refractivity contribution in [3.63, 3.8) is 0 Å². The number of allylic oxidation sites excluding steroid dienone is 1. The number of anilines is 1. The minimum absolute atomic E-state index is 0.146. The number of nitrogens with zero attached hydrogens (tertiary/aromatic N) is 2. The molecule has 1 saturated heterocycles. The van der Waals surface area contributed by atoms with E-state index in [1.54, 1.807) is 26.2 Å². The van der Waals surface area contributed by atoms with Crippen molar-refractivity contribution in [2.75, 3.05) is 12.0 Å². The van der Waals surface area contributed by atoms with Gasteiger partial charge in [-0.25, -0.2) is 4.90 Å². The lowest BCUT2D eigenvalue weighted by atomic mass is 9.64. The fourth-order valence-electron chi connectivity index (χ4n) is 6.68. The Morgan fingerprint density at radius 1 is 0.905 bits per heavy atom. The second-order valence-electron chi connectivity index (χ2n) is 10.8. The van der Waals surface area contributed by atoms with Gasteiger partial charge in [-0.2, -0.15) is 0 Å². The number of nitro benzene ring substituents is 1. The Kier molecular flexibility index (Phi) is 5.72. The van der Waals surface area contributed by atoms with Crippen LogP contribution in [0.15, 0.2) is 84.9 Å². The van der Waals surface area contributed by atoms with Gasteiger partial charge in [0.2, 0.25) is 11.8 Å². The van der Waals surface area contributed by atoms with E-state index < -0.39 is 46.4 Å². The second kappa shape index (κ2) is 9.37. The lowest BCUT2D eigenvalue weighted by Crippen LogP contribution is -2.42. The monoisotopic (exact) mass is 560 g/mol. The molecular formula is C33H24N2O7. The highest BCUT2D eigenvalue weighted by atomic mass is 16.6. The van der Waals surface area contributed by atoms with Crippen LogP contribution < -0.4 is 14.4 Å². The zero-order valence-electron chi connectivity index (χ0n) is 22.6. The summed E-state index contributed by atoms with van der Waals surface area (Å²) >= 11 is 0. The minimum Gasteiger partial charge on any atom is -0.497 e. The van der Waals surface area contributed by atoms with E-state index in [0.29, 0.717) is 28.2 Å². The average Bonchev–Trinajstić information content (AvgIpc) is 3.26. The molecule has 0 radical (unpaired) electrons. The third-order valence-corrected chi connectivity index (χ3v) is 8.62. The lowest BCUT2D eigenvalue weighted by molar-refractivity contribution is -0.384. The smallest absolute Gasteiger partial charge is 0.319 e. The highest BCUT2D eigenvalue weighted by Gasteiger charge is 2.60. The molecule has 4 aromatic carbocycles. The molecule has 2 aliphatic heterocycles. The molecule has 0 N–H and O–H groups in total. The van der Waals surface area contributed by atoms with E-state index in [2.05, 4.69) is 0 Å². The molecule has 2 heterocycles. The number of rotatable bonds is 4. The van der Waals surface area contributed by atoms with E-state index in [0.717, 1.165) is 21.2 Å². The van der Waals surface area contributed by atoms with Gasteiger partial charge in [0.25, 0.3) is 5.69 Å². The summed E-state index contributed by atoms with van der Waals surface area (Å²) < 4.78 is 11.3. The van der Waals surface area contributed by atoms with Crippen LogP contribution in [0.4, 0.5) is 11.4 Å². The van der Waals surface area contributed by atoms with E-state index >= 15 is 0 Å². The topological polar surface area (TPSA) is 116 Å². The molecule has 0 unspecified atom stereocenters. The molecule has 3 aliphatic rings. The fraction of sp³-hybridized carbons (Fsp3) is 0.182. The first-order chi connectivity index (χ1) is 20.3. The number of amides is 2. The molecule has 2 amide bonds. The molecule has 1 fully saturated rings. The van der Waals surface area contributed by atoms with Gasteiger partial charge in [-0.1, -0.05) is 54.6 Å². The summed E-state index contributed by atoms with van der Waals surface area (Å²) in [6, 6.07) is 22.8. The number of carbonyl (C=O) groups is 3. The number of hydrogen-bond acceptors (Lipinski definition) is 7. The Morgan fingerprint density at radius 3 is 2.36 bits per heavy atom. The Morgan fingerprint density at radius 2 is 1.64 bits per heavy atom. The van der Waals surface area contributed by atoms with Crippen LogP contribution in [0.2, 0.25) is 0 Å². The van der Waals surface area contributed by atoms with Gasteiger partial charge in [0, 0.05) is 29.0 Å². The van der Waals surface area contributed by atoms with Crippen LogP contribution in [0.3, 0.4) is 0 Å². The molecule has 0 spiro atoms. The summed E-state index contributed by atoms with van der Waals surface area (Å²) in [5.74, 6) is -3.92. The average molecular weight is 561 g/mol. The molecule has 208 valence electrons. The van der Waals surface area contributed by atoms with Crippen LogP contribution in [0.1, 0.15) is 22.6 Å². The largest absolute Gasteiger partial charge is 0.497 e. The molecule has 42 heavy (non-hydrogen) atoms. The maximum Gasteiger partial charge on any atom is 0.319 e. The number of esters is 1. The third-order valence-electron chi connectivity index (χ3n) is 8.62.